The zero-order valence-electron chi connectivity index (χ0n) is 12.3. The lowest BCUT2D eigenvalue weighted by Crippen LogP contribution is -2.31. The highest BCUT2D eigenvalue weighted by molar-refractivity contribution is 7.92. The van der Waals surface area contributed by atoms with E-state index in [4.69, 9.17) is 5.26 Å². The summed E-state index contributed by atoms with van der Waals surface area (Å²) in [5.41, 5.74) is 2.89. The maximum atomic E-state index is 11.5. The van der Waals surface area contributed by atoms with Crippen LogP contribution >= 0.6 is 0 Å². The van der Waals surface area contributed by atoms with Crippen molar-refractivity contribution in [3.8, 4) is 6.07 Å². The van der Waals surface area contributed by atoms with Gasteiger partial charge in [0.2, 0.25) is 10.0 Å². The highest BCUT2D eigenvalue weighted by atomic mass is 32.2. The summed E-state index contributed by atoms with van der Waals surface area (Å²) in [4.78, 5) is 2.30. The van der Waals surface area contributed by atoms with E-state index in [1.807, 2.05) is 18.2 Å². The van der Waals surface area contributed by atoms with E-state index in [2.05, 4.69) is 15.7 Å². The largest absolute Gasteiger partial charge is 0.371 e. The van der Waals surface area contributed by atoms with Crippen LogP contribution < -0.4 is 9.62 Å². The van der Waals surface area contributed by atoms with Crippen LogP contribution in [0.1, 0.15) is 31.2 Å². The summed E-state index contributed by atoms with van der Waals surface area (Å²) < 4.78 is 25.5. The van der Waals surface area contributed by atoms with Crippen molar-refractivity contribution in [2.24, 2.45) is 0 Å². The van der Waals surface area contributed by atoms with Gasteiger partial charge >= 0.3 is 0 Å². The third kappa shape index (κ3) is 4.36. The van der Waals surface area contributed by atoms with Gasteiger partial charge < -0.3 is 4.90 Å². The molecule has 0 saturated carbocycles. The van der Waals surface area contributed by atoms with Crippen LogP contribution in [0.25, 0.3) is 0 Å². The van der Waals surface area contributed by atoms with E-state index in [9.17, 15) is 8.42 Å². The van der Waals surface area contributed by atoms with Crippen molar-refractivity contribution in [2.45, 2.75) is 32.1 Å². The fourth-order valence-corrected chi connectivity index (χ4v) is 3.33. The summed E-state index contributed by atoms with van der Waals surface area (Å²) in [5, 5.41) is 8.58. The molecule has 0 unspecified atom stereocenters. The Balaban J connectivity index is 2.16. The lowest BCUT2D eigenvalue weighted by Gasteiger charge is -2.32. The van der Waals surface area contributed by atoms with Crippen molar-refractivity contribution in [3.63, 3.8) is 0 Å². The molecule has 21 heavy (non-hydrogen) atoms. The van der Waals surface area contributed by atoms with Crippen LogP contribution in [-0.2, 0) is 16.4 Å². The second-order valence-electron chi connectivity index (χ2n) is 5.38. The molecule has 2 rings (SSSR count). The minimum Gasteiger partial charge on any atom is -0.371 e. The summed E-state index contributed by atoms with van der Waals surface area (Å²) in [6.45, 7) is 1.90. The molecule has 1 aromatic carbocycles. The van der Waals surface area contributed by atoms with E-state index in [1.54, 1.807) is 0 Å². The van der Waals surface area contributed by atoms with Gasteiger partial charge in [-0.05, 0) is 43.4 Å². The second-order valence-corrected chi connectivity index (χ2v) is 7.13. The first-order valence-electron chi connectivity index (χ1n) is 7.23. The lowest BCUT2D eigenvalue weighted by molar-refractivity contribution is 0.606. The predicted octanol–water partition coefficient (Wildman–Crippen LogP) is 2.50. The predicted molar refractivity (Wildman–Crippen MR) is 84.9 cm³/mol. The summed E-state index contributed by atoms with van der Waals surface area (Å²) in [6, 6.07) is 7.92. The van der Waals surface area contributed by atoms with E-state index in [-0.39, 0.29) is 0 Å². The van der Waals surface area contributed by atoms with Crippen LogP contribution in [0.4, 0.5) is 11.4 Å². The van der Waals surface area contributed by atoms with Gasteiger partial charge in [0.15, 0.2) is 0 Å². The molecular formula is C15H21N3O2S. The zero-order chi connectivity index (χ0) is 15.3. The van der Waals surface area contributed by atoms with Crippen LogP contribution in [0.3, 0.4) is 0 Å². The summed E-state index contributed by atoms with van der Waals surface area (Å²) in [7, 11) is -3.26. The molecule has 0 aromatic heterocycles. The fourth-order valence-electron chi connectivity index (χ4n) is 2.74. The molecular weight excluding hydrogens is 286 g/mol. The molecule has 1 aliphatic heterocycles. The molecule has 0 amide bonds. The van der Waals surface area contributed by atoms with Gasteiger partial charge in [-0.1, -0.05) is 6.07 Å². The molecule has 1 N–H and O–H groups in total. The van der Waals surface area contributed by atoms with E-state index >= 15 is 0 Å². The van der Waals surface area contributed by atoms with E-state index in [1.165, 1.54) is 6.26 Å². The minimum atomic E-state index is -3.26. The molecule has 0 saturated heterocycles. The highest BCUT2D eigenvalue weighted by Gasteiger charge is 2.20. The van der Waals surface area contributed by atoms with Crippen molar-refractivity contribution >= 4 is 21.4 Å². The Morgan fingerprint density at radius 1 is 1.38 bits per heavy atom. The van der Waals surface area contributed by atoms with Gasteiger partial charge in [0, 0.05) is 25.2 Å². The topological polar surface area (TPSA) is 73.2 Å². The van der Waals surface area contributed by atoms with Crippen molar-refractivity contribution in [2.75, 3.05) is 29.0 Å². The van der Waals surface area contributed by atoms with Crippen molar-refractivity contribution < 1.29 is 8.42 Å². The first-order valence-corrected chi connectivity index (χ1v) is 9.12. The van der Waals surface area contributed by atoms with Crippen LogP contribution in [0, 0.1) is 11.3 Å². The van der Waals surface area contributed by atoms with E-state index in [0.717, 1.165) is 50.0 Å². The van der Waals surface area contributed by atoms with Gasteiger partial charge in [0.05, 0.1) is 18.0 Å². The number of fused-ring (bicyclic) bond motifs is 1. The summed E-state index contributed by atoms with van der Waals surface area (Å²) in [5.74, 6) is 0. The summed E-state index contributed by atoms with van der Waals surface area (Å²) in [6.07, 6.45) is 5.57. The fraction of sp³-hybridized carbons (Fsp3) is 0.533. The third-order valence-electron chi connectivity index (χ3n) is 3.61. The van der Waals surface area contributed by atoms with Crippen LogP contribution in [0.15, 0.2) is 18.2 Å². The third-order valence-corrected chi connectivity index (χ3v) is 4.20. The Morgan fingerprint density at radius 3 is 2.90 bits per heavy atom. The number of unbranched alkanes of at least 4 members (excludes halogenated alkanes) is 2. The maximum Gasteiger partial charge on any atom is 0.229 e. The molecule has 5 nitrogen and oxygen atoms in total. The summed E-state index contributed by atoms with van der Waals surface area (Å²) >= 11 is 0. The van der Waals surface area contributed by atoms with Crippen molar-refractivity contribution in [1.82, 2.24) is 0 Å². The van der Waals surface area contributed by atoms with Gasteiger partial charge in [0.1, 0.15) is 0 Å². The molecule has 0 radical (unpaired) electrons. The molecule has 0 spiro atoms. The minimum absolute atomic E-state index is 0.594. The molecule has 0 fully saturated rings. The van der Waals surface area contributed by atoms with E-state index in [0.29, 0.717) is 12.1 Å². The Morgan fingerprint density at radius 2 is 2.19 bits per heavy atom. The average Bonchev–Trinajstić information content (AvgIpc) is 2.43. The number of sulfonamides is 1. The molecule has 114 valence electrons. The normalized spacial score (nSPS) is 14.4. The molecule has 0 bridgehead atoms. The number of nitriles is 1. The number of nitrogens with one attached hydrogen (secondary N) is 1. The van der Waals surface area contributed by atoms with Gasteiger partial charge in [0.25, 0.3) is 0 Å². The average molecular weight is 307 g/mol. The Labute approximate surface area is 126 Å². The number of nitrogens with zero attached hydrogens (tertiary/aromatic N) is 2. The second kappa shape index (κ2) is 6.81. The lowest BCUT2D eigenvalue weighted by atomic mass is 9.99. The van der Waals surface area contributed by atoms with Gasteiger partial charge in [-0.15, -0.1) is 0 Å². The molecule has 1 heterocycles. The molecule has 0 aliphatic carbocycles. The van der Waals surface area contributed by atoms with Gasteiger partial charge in [-0.2, -0.15) is 5.26 Å². The quantitative estimate of drug-likeness (QED) is 0.820. The smallest absolute Gasteiger partial charge is 0.229 e. The number of benzene rings is 1. The molecule has 1 aliphatic rings. The van der Waals surface area contributed by atoms with Crippen LogP contribution in [0.2, 0.25) is 0 Å². The number of rotatable bonds is 6. The Kier molecular flexibility index (Phi) is 5.07. The monoisotopic (exact) mass is 307 g/mol. The van der Waals surface area contributed by atoms with Crippen molar-refractivity contribution in [3.05, 3.63) is 23.8 Å². The maximum absolute atomic E-state index is 11.5. The SMILES string of the molecule is CS(=O)(=O)Nc1cccc2c1CCCN2CCCCC#N. The number of hydrogen-bond acceptors (Lipinski definition) is 4. The van der Waals surface area contributed by atoms with Gasteiger partial charge in [-0.3, -0.25) is 4.72 Å². The first-order chi connectivity index (χ1) is 10.0. The number of hydrogen-bond donors (Lipinski definition) is 1. The molecule has 1 aromatic rings. The van der Waals surface area contributed by atoms with Gasteiger partial charge in [-0.25, -0.2) is 8.42 Å². The molecule has 0 atom stereocenters. The zero-order valence-corrected chi connectivity index (χ0v) is 13.1. The first kappa shape index (κ1) is 15.6. The standard InChI is InChI=1S/C15H21N3O2S/c1-21(19,20)17-14-8-5-9-15-13(14)7-6-12-18(15)11-4-2-3-10-16/h5,8-9,17H,2-4,6-7,11-12H2,1H3. The van der Waals surface area contributed by atoms with Crippen LogP contribution in [-0.4, -0.2) is 27.8 Å². The van der Waals surface area contributed by atoms with Crippen molar-refractivity contribution in [1.29, 1.82) is 5.26 Å². The highest BCUT2D eigenvalue weighted by Crippen LogP contribution is 2.33. The Bertz CT molecular complexity index is 635. The number of anilines is 2. The molecule has 6 heteroatoms. The van der Waals surface area contributed by atoms with Crippen LogP contribution in [0.5, 0.6) is 0 Å². The van der Waals surface area contributed by atoms with E-state index < -0.39 is 10.0 Å². The Hall–Kier alpha value is -1.74.